The summed E-state index contributed by atoms with van der Waals surface area (Å²) in [4.78, 5) is 28.8. The minimum Gasteiger partial charge on any atom is -0.348 e. The molecule has 1 aromatic rings. The van der Waals surface area contributed by atoms with Gasteiger partial charge >= 0.3 is 0 Å². The number of hydrogen-bond acceptors (Lipinski definition) is 3. The first-order valence-electron chi connectivity index (χ1n) is 7.90. The Kier molecular flexibility index (Phi) is 4.04. The van der Waals surface area contributed by atoms with Gasteiger partial charge < -0.3 is 5.32 Å². The van der Waals surface area contributed by atoms with Gasteiger partial charge in [0.1, 0.15) is 5.78 Å². The summed E-state index contributed by atoms with van der Waals surface area (Å²) in [5, 5.41) is 3.06. The maximum atomic E-state index is 12.5. The third-order valence-electron chi connectivity index (χ3n) is 4.91. The van der Waals surface area contributed by atoms with E-state index in [1.807, 2.05) is 25.1 Å². The number of aromatic nitrogens is 1. The van der Waals surface area contributed by atoms with Gasteiger partial charge in [0.25, 0.3) is 0 Å². The molecule has 1 N–H and O–H groups in total. The lowest BCUT2D eigenvalue weighted by Crippen LogP contribution is -2.43. The number of nitrogens with one attached hydrogen (secondary N) is 1. The maximum Gasteiger partial charge on any atom is 0.223 e. The number of carbonyl (C=O) groups is 2. The summed E-state index contributed by atoms with van der Waals surface area (Å²) in [6, 6.07) is 5.63. The number of fused-ring (bicyclic) bond motifs is 2. The molecule has 2 aliphatic carbocycles. The van der Waals surface area contributed by atoms with Crippen LogP contribution in [-0.2, 0) is 9.59 Å². The highest BCUT2D eigenvalue weighted by molar-refractivity contribution is 5.88. The fourth-order valence-electron chi connectivity index (χ4n) is 3.73. The molecule has 0 aromatic carbocycles. The Hall–Kier alpha value is -1.71. The zero-order valence-corrected chi connectivity index (χ0v) is 12.4. The van der Waals surface area contributed by atoms with Crippen LogP contribution in [0.3, 0.4) is 0 Å². The molecule has 2 fully saturated rings. The van der Waals surface area contributed by atoms with Crippen LogP contribution in [-0.4, -0.2) is 16.7 Å². The van der Waals surface area contributed by atoms with Gasteiger partial charge in [-0.1, -0.05) is 12.5 Å². The average molecular weight is 286 g/mol. The quantitative estimate of drug-likeness (QED) is 0.929. The Bertz CT molecular complexity index is 513. The molecule has 2 bridgehead atoms. The summed E-state index contributed by atoms with van der Waals surface area (Å²) in [6.07, 6.45) is 6.28. The van der Waals surface area contributed by atoms with E-state index in [2.05, 4.69) is 10.3 Å². The van der Waals surface area contributed by atoms with Crippen molar-refractivity contribution >= 4 is 11.7 Å². The number of pyridine rings is 1. The van der Waals surface area contributed by atoms with Crippen molar-refractivity contribution in [3.05, 3.63) is 30.1 Å². The standard InChI is InChI=1S/C17H22N2O2/c1-11(15-7-2-3-8-18-15)19-17(21)14-9-12-5-4-6-13(10-14)16(12)20/h2-3,7-8,11-14H,4-6,9-10H2,1H3,(H,19,21). The predicted molar refractivity (Wildman–Crippen MR) is 79.4 cm³/mol. The Labute approximate surface area is 125 Å². The van der Waals surface area contributed by atoms with Crippen molar-refractivity contribution in [2.75, 3.05) is 0 Å². The van der Waals surface area contributed by atoms with E-state index in [0.717, 1.165) is 37.8 Å². The van der Waals surface area contributed by atoms with E-state index < -0.39 is 0 Å². The summed E-state index contributed by atoms with van der Waals surface area (Å²) in [7, 11) is 0. The smallest absolute Gasteiger partial charge is 0.223 e. The molecule has 2 saturated carbocycles. The first-order chi connectivity index (χ1) is 10.1. The summed E-state index contributed by atoms with van der Waals surface area (Å²) in [6.45, 7) is 1.95. The monoisotopic (exact) mass is 286 g/mol. The minimum atomic E-state index is -0.0869. The van der Waals surface area contributed by atoms with E-state index in [0.29, 0.717) is 5.78 Å². The number of ketones is 1. The van der Waals surface area contributed by atoms with E-state index in [1.165, 1.54) is 0 Å². The zero-order chi connectivity index (χ0) is 14.8. The molecule has 112 valence electrons. The van der Waals surface area contributed by atoms with Crippen LogP contribution < -0.4 is 5.32 Å². The van der Waals surface area contributed by atoms with E-state index >= 15 is 0 Å². The molecule has 0 radical (unpaired) electrons. The van der Waals surface area contributed by atoms with Gasteiger partial charge in [-0.15, -0.1) is 0 Å². The highest BCUT2D eigenvalue weighted by Gasteiger charge is 2.41. The molecule has 2 aliphatic rings. The van der Waals surface area contributed by atoms with Crippen molar-refractivity contribution in [3.8, 4) is 0 Å². The second kappa shape index (κ2) is 5.96. The molecule has 1 heterocycles. The molecular formula is C17H22N2O2. The van der Waals surface area contributed by atoms with Gasteiger partial charge in [-0.2, -0.15) is 0 Å². The van der Waals surface area contributed by atoms with E-state index in [-0.39, 0.29) is 29.7 Å². The lowest BCUT2D eigenvalue weighted by molar-refractivity contribution is -0.137. The zero-order valence-electron chi connectivity index (χ0n) is 12.4. The summed E-state index contributed by atoms with van der Waals surface area (Å²) in [5.74, 6) is 0.724. The maximum absolute atomic E-state index is 12.5. The largest absolute Gasteiger partial charge is 0.348 e. The minimum absolute atomic E-state index is 0.0100. The molecule has 4 nitrogen and oxygen atoms in total. The predicted octanol–water partition coefficient (Wildman–Crippen LogP) is 2.65. The third-order valence-corrected chi connectivity index (χ3v) is 4.91. The number of amides is 1. The fourth-order valence-corrected chi connectivity index (χ4v) is 3.73. The van der Waals surface area contributed by atoms with Gasteiger partial charge in [-0.25, -0.2) is 0 Å². The fraction of sp³-hybridized carbons (Fsp3) is 0.588. The van der Waals surface area contributed by atoms with Crippen molar-refractivity contribution in [3.63, 3.8) is 0 Å². The van der Waals surface area contributed by atoms with Crippen LogP contribution in [0.5, 0.6) is 0 Å². The van der Waals surface area contributed by atoms with Crippen molar-refractivity contribution in [2.24, 2.45) is 17.8 Å². The molecule has 3 atom stereocenters. The van der Waals surface area contributed by atoms with Gasteiger partial charge in [-0.05, 0) is 44.7 Å². The third kappa shape index (κ3) is 2.99. The molecule has 21 heavy (non-hydrogen) atoms. The number of rotatable bonds is 3. The molecular weight excluding hydrogens is 264 g/mol. The van der Waals surface area contributed by atoms with Gasteiger partial charge in [0.2, 0.25) is 5.91 Å². The second-order valence-corrected chi connectivity index (χ2v) is 6.38. The first-order valence-corrected chi connectivity index (χ1v) is 7.90. The molecule has 3 unspecified atom stereocenters. The van der Waals surface area contributed by atoms with Crippen LogP contribution in [0.2, 0.25) is 0 Å². The van der Waals surface area contributed by atoms with Crippen LogP contribution in [0.1, 0.15) is 50.8 Å². The summed E-state index contributed by atoms with van der Waals surface area (Å²) >= 11 is 0. The SMILES string of the molecule is CC(NC(=O)C1CC2CCCC(C1)C2=O)c1ccccn1. The normalized spacial score (nSPS) is 29.8. The molecule has 1 amide bonds. The second-order valence-electron chi connectivity index (χ2n) is 6.38. The lowest BCUT2D eigenvalue weighted by Gasteiger charge is -2.37. The molecule has 1 aromatic heterocycles. The Morgan fingerprint density at radius 2 is 2.00 bits per heavy atom. The van der Waals surface area contributed by atoms with Crippen LogP contribution in [0.4, 0.5) is 0 Å². The van der Waals surface area contributed by atoms with Crippen molar-refractivity contribution in [1.29, 1.82) is 0 Å². The highest BCUT2D eigenvalue weighted by atomic mass is 16.2. The van der Waals surface area contributed by atoms with Crippen molar-refractivity contribution in [2.45, 2.75) is 45.1 Å². The summed E-state index contributed by atoms with van der Waals surface area (Å²) < 4.78 is 0. The average Bonchev–Trinajstić information content (AvgIpc) is 2.47. The molecule has 3 rings (SSSR count). The van der Waals surface area contributed by atoms with Crippen molar-refractivity contribution < 1.29 is 9.59 Å². The number of nitrogens with zero attached hydrogens (tertiary/aromatic N) is 1. The van der Waals surface area contributed by atoms with Gasteiger partial charge in [0, 0.05) is 24.0 Å². The van der Waals surface area contributed by atoms with Gasteiger partial charge in [-0.3, -0.25) is 14.6 Å². The molecule has 4 heteroatoms. The van der Waals surface area contributed by atoms with Crippen LogP contribution >= 0.6 is 0 Å². The van der Waals surface area contributed by atoms with Crippen LogP contribution in [0.25, 0.3) is 0 Å². The number of Topliss-reactive ketones (excluding diaryl/α,β-unsaturated/α-hetero) is 1. The summed E-state index contributed by atoms with van der Waals surface area (Å²) in [5.41, 5.74) is 0.873. The highest BCUT2D eigenvalue weighted by Crippen LogP contribution is 2.40. The van der Waals surface area contributed by atoms with Crippen LogP contribution in [0.15, 0.2) is 24.4 Å². The number of hydrogen-bond donors (Lipinski definition) is 1. The first kappa shape index (κ1) is 14.2. The van der Waals surface area contributed by atoms with Crippen LogP contribution in [0, 0.1) is 17.8 Å². The van der Waals surface area contributed by atoms with E-state index in [4.69, 9.17) is 0 Å². The lowest BCUT2D eigenvalue weighted by atomic mass is 9.67. The Balaban J connectivity index is 1.62. The van der Waals surface area contributed by atoms with Gasteiger partial charge in [0.05, 0.1) is 11.7 Å². The molecule has 0 spiro atoms. The molecule has 0 aliphatic heterocycles. The number of carbonyl (C=O) groups excluding carboxylic acids is 2. The topological polar surface area (TPSA) is 59.1 Å². The Morgan fingerprint density at radius 3 is 2.62 bits per heavy atom. The van der Waals surface area contributed by atoms with E-state index in [1.54, 1.807) is 6.20 Å². The van der Waals surface area contributed by atoms with Crippen molar-refractivity contribution in [1.82, 2.24) is 10.3 Å². The molecule has 0 saturated heterocycles. The van der Waals surface area contributed by atoms with E-state index in [9.17, 15) is 9.59 Å². The van der Waals surface area contributed by atoms with Gasteiger partial charge in [0.15, 0.2) is 0 Å². The Morgan fingerprint density at radius 1 is 1.29 bits per heavy atom.